The van der Waals surface area contributed by atoms with Gasteiger partial charge in [-0.2, -0.15) is 0 Å². The van der Waals surface area contributed by atoms with E-state index in [-0.39, 0.29) is 6.04 Å². The summed E-state index contributed by atoms with van der Waals surface area (Å²) in [7, 11) is 0. The molecule has 0 amide bonds. The maximum atomic E-state index is 5.62. The van der Waals surface area contributed by atoms with Gasteiger partial charge in [0, 0.05) is 5.56 Å². The van der Waals surface area contributed by atoms with Crippen LogP contribution in [-0.4, -0.2) is 36.8 Å². The molecular weight excluding hydrogens is 256 g/mol. The number of fused-ring (bicyclic) bond motifs is 1. The highest BCUT2D eigenvalue weighted by Crippen LogP contribution is 2.26. The summed E-state index contributed by atoms with van der Waals surface area (Å²) in [5.74, 6) is 0.666. The highest BCUT2D eigenvalue weighted by atomic mass is 16.5. The molecule has 3 aromatic rings. The molecule has 7 nitrogen and oxygen atoms in total. The standard InChI is InChI=1S/C13H12N6O/c1-3-10(13-15-17-18-16-13)4-2-9(1)12-7-20-6-11-5-14-8-19(11)12/h1-5,8,12H,6-7H2,(H,15,16,17,18). The minimum Gasteiger partial charge on any atom is -0.373 e. The number of tetrazole rings is 1. The fourth-order valence-electron chi connectivity index (χ4n) is 2.48. The fourth-order valence-corrected chi connectivity index (χ4v) is 2.48. The van der Waals surface area contributed by atoms with Crippen molar-refractivity contribution in [2.75, 3.05) is 6.61 Å². The van der Waals surface area contributed by atoms with Crippen LogP contribution in [0.4, 0.5) is 0 Å². The number of hydrogen-bond donors (Lipinski definition) is 1. The molecule has 0 fully saturated rings. The summed E-state index contributed by atoms with van der Waals surface area (Å²) >= 11 is 0. The number of nitrogens with zero attached hydrogens (tertiary/aromatic N) is 5. The maximum absolute atomic E-state index is 5.62. The molecule has 0 spiro atoms. The lowest BCUT2D eigenvalue weighted by atomic mass is 10.0. The number of aromatic nitrogens is 6. The monoisotopic (exact) mass is 268 g/mol. The minimum absolute atomic E-state index is 0.170. The normalized spacial score (nSPS) is 17.9. The number of aromatic amines is 1. The number of imidazole rings is 1. The van der Waals surface area contributed by atoms with Crippen molar-refractivity contribution in [2.45, 2.75) is 12.6 Å². The molecule has 3 heterocycles. The Kier molecular flexibility index (Phi) is 2.56. The Morgan fingerprint density at radius 1 is 1.25 bits per heavy atom. The van der Waals surface area contributed by atoms with Crippen LogP contribution in [0.2, 0.25) is 0 Å². The van der Waals surface area contributed by atoms with Crippen molar-refractivity contribution in [2.24, 2.45) is 0 Å². The molecule has 1 N–H and O–H groups in total. The van der Waals surface area contributed by atoms with Gasteiger partial charge in [-0.15, -0.1) is 5.10 Å². The molecule has 4 rings (SSSR count). The van der Waals surface area contributed by atoms with Crippen LogP contribution < -0.4 is 0 Å². The first-order chi connectivity index (χ1) is 9.92. The van der Waals surface area contributed by atoms with E-state index in [1.165, 1.54) is 5.56 Å². The largest absolute Gasteiger partial charge is 0.373 e. The van der Waals surface area contributed by atoms with Gasteiger partial charge in [-0.1, -0.05) is 24.3 Å². The van der Waals surface area contributed by atoms with Gasteiger partial charge in [0.2, 0.25) is 0 Å². The van der Waals surface area contributed by atoms with Crippen LogP contribution in [0, 0.1) is 0 Å². The van der Waals surface area contributed by atoms with Crippen molar-refractivity contribution in [1.82, 2.24) is 30.2 Å². The van der Waals surface area contributed by atoms with Crippen molar-refractivity contribution >= 4 is 0 Å². The van der Waals surface area contributed by atoms with Gasteiger partial charge in [0.25, 0.3) is 0 Å². The van der Waals surface area contributed by atoms with Gasteiger partial charge >= 0.3 is 0 Å². The summed E-state index contributed by atoms with van der Waals surface area (Å²) in [5.41, 5.74) is 3.24. The predicted molar refractivity (Wildman–Crippen MR) is 69.6 cm³/mol. The lowest BCUT2D eigenvalue weighted by molar-refractivity contribution is 0.0696. The quantitative estimate of drug-likeness (QED) is 0.754. The molecular formula is C13H12N6O. The van der Waals surface area contributed by atoms with E-state index in [0.717, 1.165) is 11.3 Å². The Hall–Kier alpha value is -2.54. The smallest absolute Gasteiger partial charge is 0.179 e. The Morgan fingerprint density at radius 3 is 2.95 bits per heavy atom. The summed E-state index contributed by atoms with van der Waals surface area (Å²) in [6.07, 6.45) is 3.71. The van der Waals surface area contributed by atoms with Crippen molar-refractivity contribution < 1.29 is 4.74 Å². The first kappa shape index (κ1) is 11.3. The van der Waals surface area contributed by atoms with Crippen molar-refractivity contribution in [3.05, 3.63) is 48.0 Å². The summed E-state index contributed by atoms with van der Waals surface area (Å²) < 4.78 is 7.79. The van der Waals surface area contributed by atoms with E-state index >= 15 is 0 Å². The number of hydrogen-bond acceptors (Lipinski definition) is 5. The van der Waals surface area contributed by atoms with E-state index in [9.17, 15) is 0 Å². The predicted octanol–water partition coefficient (Wildman–Crippen LogP) is 1.18. The van der Waals surface area contributed by atoms with Gasteiger partial charge in [0.1, 0.15) is 0 Å². The van der Waals surface area contributed by atoms with Gasteiger partial charge in [-0.3, -0.25) is 0 Å². The Labute approximate surface area is 114 Å². The molecule has 2 aromatic heterocycles. The molecule has 1 aliphatic heterocycles. The lowest BCUT2D eigenvalue weighted by Crippen LogP contribution is -2.23. The zero-order valence-electron chi connectivity index (χ0n) is 10.6. The number of ether oxygens (including phenoxy) is 1. The fraction of sp³-hybridized carbons (Fsp3) is 0.231. The molecule has 0 aliphatic carbocycles. The number of nitrogens with one attached hydrogen (secondary N) is 1. The minimum atomic E-state index is 0.170. The first-order valence-corrected chi connectivity index (χ1v) is 6.34. The van der Waals surface area contributed by atoms with Crippen LogP contribution in [0.3, 0.4) is 0 Å². The van der Waals surface area contributed by atoms with Gasteiger partial charge in [0.15, 0.2) is 5.82 Å². The lowest BCUT2D eigenvalue weighted by Gasteiger charge is -2.26. The van der Waals surface area contributed by atoms with Crippen LogP contribution in [0.25, 0.3) is 11.4 Å². The van der Waals surface area contributed by atoms with Crippen LogP contribution in [0.15, 0.2) is 36.8 Å². The third-order valence-electron chi connectivity index (χ3n) is 3.52. The van der Waals surface area contributed by atoms with Crippen LogP contribution in [0.1, 0.15) is 17.3 Å². The zero-order valence-corrected chi connectivity index (χ0v) is 10.6. The van der Waals surface area contributed by atoms with Gasteiger partial charge < -0.3 is 9.30 Å². The van der Waals surface area contributed by atoms with Gasteiger partial charge in [-0.25, -0.2) is 10.1 Å². The van der Waals surface area contributed by atoms with E-state index in [1.807, 2.05) is 24.7 Å². The number of rotatable bonds is 2. The molecule has 1 aliphatic rings. The van der Waals surface area contributed by atoms with E-state index < -0.39 is 0 Å². The summed E-state index contributed by atoms with van der Waals surface area (Å²) in [6.45, 7) is 1.28. The molecule has 1 aromatic carbocycles. The third-order valence-corrected chi connectivity index (χ3v) is 3.52. The van der Waals surface area contributed by atoms with Crippen LogP contribution >= 0.6 is 0 Å². The summed E-state index contributed by atoms with van der Waals surface area (Å²) in [5, 5.41) is 13.8. The molecule has 7 heteroatoms. The first-order valence-electron chi connectivity index (χ1n) is 6.34. The van der Waals surface area contributed by atoms with E-state index in [0.29, 0.717) is 19.0 Å². The summed E-state index contributed by atoms with van der Waals surface area (Å²) in [6, 6.07) is 8.32. The van der Waals surface area contributed by atoms with E-state index in [1.54, 1.807) is 0 Å². The van der Waals surface area contributed by atoms with Crippen LogP contribution in [0.5, 0.6) is 0 Å². The molecule has 0 radical (unpaired) electrons. The second kappa shape index (κ2) is 4.53. The topological polar surface area (TPSA) is 81.5 Å². The van der Waals surface area contributed by atoms with Crippen molar-refractivity contribution in [3.63, 3.8) is 0 Å². The Morgan fingerprint density at radius 2 is 2.15 bits per heavy atom. The van der Waals surface area contributed by atoms with E-state index in [4.69, 9.17) is 4.74 Å². The highest BCUT2D eigenvalue weighted by molar-refractivity contribution is 5.54. The number of H-pyrrole nitrogens is 1. The maximum Gasteiger partial charge on any atom is 0.179 e. The molecule has 0 bridgehead atoms. The Balaban J connectivity index is 1.68. The number of benzene rings is 1. The molecule has 0 saturated heterocycles. The van der Waals surface area contributed by atoms with Crippen LogP contribution in [-0.2, 0) is 11.3 Å². The van der Waals surface area contributed by atoms with Gasteiger partial charge in [-0.05, 0) is 16.0 Å². The second-order valence-electron chi connectivity index (χ2n) is 4.70. The average Bonchev–Trinajstić information content (AvgIpc) is 3.18. The molecule has 100 valence electrons. The van der Waals surface area contributed by atoms with E-state index in [2.05, 4.69) is 42.3 Å². The second-order valence-corrected chi connectivity index (χ2v) is 4.70. The SMILES string of the molecule is c1cc(C2COCc3cncn32)ccc1-c1nnn[nH]1. The molecule has 1 unspecified atom stereocenters. The van der Waals surface area contributed by atoms with Crippen molar-refractivity contribution in [1.29, 1.82) is 0 Å². The third kappa shape index (κ3) is 1.79. The highest BCUT2D eigenvalue weighted by Gasteiger charge is 2.21. The molecule has 1 atom stereocenters. The van der Waals surface area contributed by atoms with Crippen molar-refractivity contribution in [3.8, 4) is 11.4 Å². The molecule has 0 saturated carbocycles. The van der Waals surface area contributed by atoms with Gasteiger partial charge in [0.05, 0.1) is 37.5 Å². The zero-order chi connectivity index (χ0) is 13.4. The molecule has 20 heavy (non-hydrogen) atoms. The summed E-state index contributed by atoms with van der Waals surface area (Å²) in [4.78, 5) is 4.19. The average molecular weight is 268 g/mol. The Bertz CT molecular complexity index is 703.